The topological polar surface area (TPSA) is 66.5 Å². The Morgan fingerprint density at radius 2 is 1.85 bits per heavy atom. The molecule has 0 saturated carbocycles. The molecule has 2 aromatic carbocycles. The number of hydrogen-bond acceptors (Lipinski definition) is 3. The summed E-state index contributed by atoms with van der Waals surface area (Å²) in [6, 6.07) is 10.6. The van der Waals surface area contributed by atoms with Gasteiger partial charge >= 0.3 is 0 Å². The summed E-state index contributed by atoms with van der Waals surface area (Å²) < 4.78 is 27.1. The maximum Gasteiger partial charge on any atom is 0.243 e. The van der Waals surface area contributed by atoms with Gasteiger partial charge in [-0.2, -0.15) is 4.31 Å². The van der Waals surface area contributed by atoms with Crippen molar-refractivity contribution < 1.29 is 13.2 Å². The average Bonchev–Trinajstić information content (AvgIpc) is 3.08. The lowest BCUT2D eigenvalue weighted by atomic mass is 10.2. The van der Waals surface area contributed by atoms with Gasteiger partial charge in [0.2, 0.25) is 15.9 Å². The summed E-state index contributed by atoms with van der Waals surface area (Å²) in [5, 5.41) is 3.46. The number of halogens is 2. The van der Waals surface area contributed by atoms with Gasteiger partial charge in [0.05, 0.1) is 15.6 Å². The Morgan fingerprint density at radius 3 is 2.50 bits per heavy atom. The molecule has 1 fully saturated rings. The van der Waals surface area contributed by atoms with Crippen molar-refractivity contribution in [3.63, 3.8) is 0 Å². The minimum Gasteiger partial charge on any atom is -0.323 e. The Balaban J connectivity index is 1.83. The number of sulfonamides is 1. The van der Waals surface area contributed by atoms with Crippen molar-refractivity contribution in [2.24, 2.45) is 0 Å². The molecule has 1 aliphatic rings. The second kappa shape index (κ2) is 7.56. The fourth-order valence-electron chi connectivity index (χ4n) is 2.94. The maximum absolute atomic E-state index is 12.9. The molecule has 3 rings (SSSR count). The lowest BCUT2D eigenvalue weighted by Crippen LogP contribution is -2.43. The molecule has 26 heavy (non-hydrogen) atoms. The zero-order chi connectivity index (χ0) is 18.9. The van der Waals surface area contributed by atoms with E-state index in [1.165, 1.54) is 10.4 Å². The normalized spacial score (nSPS) is 18.0. The van der Waals surface area contributed by atoms with Crippen LogP contribution in [0.4, 0.5) is 5.69 Å². The van der Waals surface area contributed by atoms with E-state index < -0.39 is 22.0 Å². The van der Waals surface area contributed by atoms with Crippen molar-refractivity contribution in [3.05, 3.63) is 58.1 Å². The van der Waals surface area contributed by atoms with Crippen LogP contribution in [0.3, 0.4) is 0 Å². The average molecular weight is 413 g/mol. The molecule has 1 heterocycles. The van der Waals surface area contributed by atoms with E-state index in [1.54, 1.807) is 36.4 Å². The van der Waals surface area contributed by atoms with Crippen molar-refractivity contribution in [1.29, 1.82) is 0 Å². The Kier molecular flexibility index (Phi) is 5.58. The number of amides is 1. The Labute approximate surface area is 163 Å². The molecule has 0 aliphatic carbocycles. The largest absolute Gasteiger partial charge is 0.323 e. The molecule has 1 N–H and O–H groups in total. The van der Waals surface area contributed by atoms with Crippen molar-refractivity contribution in [2.45, 2.75) is 30.7 Å². The monoisotopic (exact) mass is 412 g/mol. The second-order valence-corrected chi connectivity index (χ2v) is 8.93. The van der Waals surface area contributed by atoms with Crippen LogP contribution < -0.4 is 5.32 Å². The van der Waals surface area contributed by atoms with Gasteiger partial charge in [0.25, 0.3) is 0 Å². The molecule has 0 unspecified atom stereocenters. The van der Waals surface area contributed by atoms with Crippen LogP contribution in [0, 0.1) is 6.92 Å². The molecule has 8 heteroatoms. The van der Waals surface area contributed by atoms with Gasteiger partial charge in [-0.05, 0) is 50.1 Å². The predicted octanol–water partition coefficient (Wildman–Crippen LogP) is 4.09. The van der Waals surface area contributed by atoms with Gasteiger partial charge in [-0.25, -0.2) is 8.42 Å². The van der Waals surface area contributed by atoms with Crippen LogP contribution >= 0.6 is 23.2 Å². The molecule has 1 saturated heterocycles. The fourth-order valence-corrected chi connectivity index (χ4v) is 5.05. The number of carbonyl (C=O) groups excluding carboxylic acids is 1. The molecular weight excluding hydrogens is 395 g/mol. The highest BCUT2D eigenvalue weighted by Crippen LogP contribution is 2.29. The van der Waals surface area contributed by atoms with Crippen LogP contribution in [0.2, 0.25) is 10.0 Å². The molecule has 2 aromatic rings. The van der Waals surface area contributed by atoms with Gasteiger partial charge < -0.3 is 5.32 Å². The van der Waals surface area contributed by atoms with Gasteiger partial charge in [-0.15, -0.1) is 0 Å². The van der Waals surface area contributed by atoms with Crippen LogP contribution in [0.1, 0.15) is 18.4 Å². The standard InChI is InChI=1S/C18H18Cl2N2O3S/c1-12-4-7-14(8-5-12)26(24,25)22-10-2-3-17(22)18(23)21-16-9-6-13(19)11-15(16)20/h4-9,11,17H,2-3,10H2,1H3,(H,21,23)/t17-/m0/s1. The molecule has 138 valence electrons. The SMILES string of the molecule is Cc1ccc(S(=O)(=O)N2CCC[C@H]2C(=O)Nc2ccc(Cl)cc2Cl)cc1. The minimum absolute atomic E-state index is 0.187. The summed E-state index contributed by atoms with van der Waals surface area (Å²) in [6.07, 6.45) is 1.08. The number of nitrogens with one attached hydrogen (secondary N) is 1. The number of carbonyl (C=O) groups is 1. The first-order chi connectivity index (χ1) is 12.3. The van der Waals surface area contributed by atoms with Gasteiger partial charge in [0.15, 0.2) is 0 Å². The number of rotatable bonds is 4. The molecule has 0 spiro atoms. The first-order valence-corrected chi connectivity index (χ1v) is 10.3. The first kappa shape index (κ1) is 19.2. The van der Waals surface area contributed by atoms with E-state index in [0.717, 1.165) is 5.56 Å². The molecule has 0 radical (unpaired) electrons. The van der Waals surface area contributed by atoms with Crippen LogP contribution in [0.25, 0.3) is 0 Å². The minimum atomic E-state index is -3.74. The Hall–Kier alpha value is -1.60. The van der Waals surface area contributed by atoms with Crippen molar-refractivity contribution >= 4 is 44.8 Å². The number of hydrogen-bond donors (Lipinski definition) is 1. The van der Waals surface area contributed by atoms with E-state index in [1.807, 2.05) is 6.92 Å². The van der Waals surface area contributed by atoms with Crippen molar-refractivity contribution in [2.75, 3.05) is 11.9 Å². The Morgan fingerprint density at radius 1 is 1.15 bits per heavy atom. The Bertz CT molecular complexity index is 930. The van der Waals surface area contributed by atoms with Crippen LogP contribution in [0.15, 0.2) is 47.4 Å². The molecule has 1 aliphatic heterocycles. The molecule has 1 atom stereocenters. The smallest absolute Gasteiger partial charge is 0.243 e. The van der Waals surface area contributed by atoms with E-state index in [9.17, 15) is 13.2 Å². The summed E-state index contributed by atoms with van der Waals surface area (Å²) in [6.45, 7) is 2.20. The highest BCUT2D eigenvalue weighted by Gasteiger charge is 2.39. The van der Waals surface area contributed by atoms with Crippen LogP contribution in [-0.4, -0.2) is 31.2 Å². The van der Waals surface area contributed by atoms with Gasteiger partial charge in [0, 0.05) is 11.6 Å². The van der Waals surface area contributed by atoms with E-state index >= 15 is 0 Å². The predicted molar refractivity (Wildman–Crippen MR) is 103 cm³/mol. The summed E-state index contributed by atoms with van der Waals surface area (Å²) in [4.78, 5) is 12.9. The summed E-state index contributed by atoms with van der Waals surface area (Å²) in [5.74, 6) is -0.401. The van der Waals surface area contributed by atoms with E-state index in [-0.39, 0.29) is 4.90 Å². The summed E-state index contributed by atoms with van der Waals surface area (Å²) >= 11 is 11.9. The molecule has 0 aromatic heterocycles. The third-order valence-corrected chi connectivity index (χ3v) is 6.79. The highest BCUT2D eigenvalue weighted by molar-refractivity contribution is 7.89. The molecule has 1 amide bonds. The number of aryl methyl sites for hydroxylation is 1. The van der Waals surface area contributed by atoms with E-state index in [0.29, 0.717) is 35.1 Å². The zero-order valence-corrected chi connectivity index (χ0v) is 16.4. The highest BCUT2D eigenvalue weighted by atomic mass is 35.5. The van der Waals surface area contributed by atoms with Crippen molar-refractivity contribution in [1.82, 2.24) is 4.31 Å². The molecular formula is C18H18Cl2N2O3S. The number of benzene rings is 2. The number of anilines is 1. The van der Waals surface area contributed by atoms with E-state index in [4.69, 9.17) is 23.2 Å². The third kappa shape index (κ3) is 3.88. The summed E-state index contributed by atoms with van der Waals surface area (Å²) in [5.41, 5.74) is 1.37. The molecule has 5 nitrogen and oxygen atoms in total. The zero-order valence-electron chi connectivity index (χ0n) is 14.1. The fraction of sp³-hybridized carbons (Fsp3) is 0.278. The van der Waals surface area contributed by atoms with Gasteiger partial charge in [0.1, 0.15) is 6.04 Å². The quantitative estimate of drug-likeness (QED) is 0.821. The summed E-state index contributed by atoms with van der Waals surface area (Å²) in [7, 11) is -3.74. The second-order valence-electron chi connectivity index (χ2n) is 6.20. The number of nitrogens with zero attached hydrogens (tertiary/aromatic N) is 1. The maximum atomic E-state index is 12.9. The first-order valence-electron chi connectivity index (χ1n) is 8.13. The third-order valence-electron chi connectivity index (χ3n) is 4.32. The van der Waals surface area contributed by atoms with Crippen LogP contribution in [0.5, 0.6) is 0 Å². The lowest BCUT2D eigenvalue weighted by molar-refractivity contribution is -0.119. The van der Waals surface area contributed by atoms with Crippen molar-refractivity contribution in [3.8, 4) is 0 Å². The van der Waals surface area contributed by atoms with E-state index in [2.05, 4.69) is 5.32 Å². The van der Waals surface area contributed by atoms with Gasteiger partial charge in [-0.3, -0.25) is 4.79 Å². The van der Waals surface area contributed by atoms with Gasteiger partial charge in [-0.1, -0.05) is 40.9 Å². The molecule has 0 bridgehead atoms. The lowest BCUT2D eigenvalue weighted by Gasteiger charge is -2.23. The van der Waals surface area contributed by atoms with Crippen LogP contribution in [-0.2, 0) is 14.8 Å².